The first-order valence-electron chi connectivity index (χ1n) is 14.3. The number of halogens is 1. The summed E-state index contributed by atoms with van der Waals surface area (Å²) in [4.78, 5) is 50.2. The molecule has 0 bridgehead atoms. The molecular formula is C30H31ClN7O9+. The SMILES string of the molecule is C#C[C@@]1(O)[C@@H](COC(Cc2ccc(-n3ccc[n+](CCC)c3=O)cc2)(C(=O)O)C(=O)O)O[C@@H](n2cnc3c(NC)nc(Cl)nc32)[C@@H]1O. The van der Waals surface area contributed by atoms with Crippen LogP contribution in [0.4, 0.5) is 5.82 Å². The highest BCUT2D eigenvalue weighted by Gasteiger charge is 2.58. The highest BCUT2D eigenvalue weighted by molar-refractivity contribution is 6.28. The summed E-state index contributed by atoms with van der Waals surface area (Å²) in [6.45, 7) is 1.61. The molecule has 0 amide bonds. The normalized spacial score (nSPS) is 21.1. The van der Waals surface area contributed by atoms with Gasteiger partial charge in [0.15, 0.2) is 28.8 Å². The predicted molar refractivity (Wildman–Crippen MR) is 164 cm³/mol. The van der Waals surface area contributed by atoms with Crippen LogP contribution in [0.15, 0.2) is 53.8 Å². The molecule has 4 atom stereocenters. The Balaban J connectivity index is 1.41. The number of terminal acetylenes is 1. The average Bonchev–Trinajstić information content (AvgIpc) is 3.58. The lowest BCUT2D eigenvalue weighted by molar-refractivity contribution is -0.714. The van der Waals surface area contributed by atoms with Crippen molar-refractivity contribution in [3.05, 3.63) is 70.4 Å². The van der Waals surface area contributed by atoms with Crippen LogP contribution in [0.2, 0.25) is 5.28 Å². The number of aliphatic carboxylic acids is 2. The van der Waals surface area contributed by atoms with Gasteiger partial charge in [0.25, 0.3) is 5.60 Å². The third-order valence-corrected chi connectivity index (χ3v) is 8.08. The van der Waals surface area contributed by atoms with Crippen molar-refractivity contribution in [2.24, 2.45) is 0 Å². The van der Waals surface area contributed by atoms with Gasteiger partial charge in [-0.25, -0.2) is 14.6 Å². The first-order chi connectivity index (χ1) is 22.4. The molecule has 4 aromatic rings. The molecule has 47 heavy (non-hydrogen) atoms. The molecule has 3 aromatic heterocycles. The van der Waals surface area contributed by atoms with E-state index >= 15 is 0 Å². The van der Waals surface area contributed by atoms with Gasteiger partial charge in [-0.05, 0) is 35.7 Å². The van der Waals surface area contributed by atoms with Crippen LogP contribution in [-0.2, 0) is 32.0 Å². The number of rotatable bonds is 12. The van der Waals surface area contributed by atoms with Crippen molar-refractivity contribution in [1.29, 1.82) is 0 Å². The van der Waals surface area contributed by atoms with Crippen molar-refractivity contribution < 1.29 is 44.1 Å². The van der Waals surface area contributed by atoms with E-state index < -0.39 is 54.6 Å². The van der Waals surface area contributed by atoms with Gasteiger partial charge in [0, 0.05) is 19.5 Å². The Hall–Kier alpha value is -4.92. The molecule has 5 N–H and O–H groups in total. The van der Waals surface area contributed by atoms with E-state index in [0.29, 0.717) is 12.2 Å². The van der Waals surface area contributed by atoms with Crippen LogP contribution in [0.25, 0.3) is 16.9 Å². The van der Waals surface area contributed by atoms with Crippen molar-refractivity contribution in [3.8, 4) is 18.0 Å². The summed E-state index contributed by atoms with van der Waals surface area (Å²) < 4.78 is 15.6. The zero-order valence-corrected chi connectivity index (χ0v) is 25.9. The molecule has 5 rings (SSSR count). The maximum Gasteiger partial charge on any atom is 0.503 e. The minimum Gasteiger partial charge on any atom is -0.479 e. The topological polar surface area (TPSA) is 215 Å². The standard InChI is InChI=1S/C30H30ClN7O9/c1-4-11-36-12-6-13-37(28(36)44)18-9-7-17(8-10-18)14-30(25(40)41,26(42)43)46-15-19-29(45,5-2)21(39)24(47-19)38-16-33-20-22(32-3)34-27(31)35-23(20)38/h2,6-10,12-13,16,19,21,24,39,45H,4,11,14-15H2,1,3H3,(H2-,32,34,35,40,41,42,43)/p+1/t19-,21+,24-,29-/m1/s1. The lowest BCUT2D eigenvalue weighted by Crippen LogP contribution is -2.55. The second-order valence-electron chi connectivity index (χ2n) is 10.8. The van der Waals surface area contributed by atoms with E-state index in [2.05, 4.69) is 26.2 Å². The molecule has 0 radical (unpaired) electrons. The summed E-state index contributed by atoms with van der Waals surface area (Å²) in [6, 6.07) is 7.75. The van der Waals surface area contributed by atoms with Crippen LogP contribution in [-0.4, -0.2) is 93.5 Å². The lowest BCUT2D eigenvalue weighted by Gasteiger charge is -2.30. The zero-order valence-electron chi connectivity index (χ0n) is 25.1. The minimum atomic E-state index is -2.86. The number of hydrogen-bond donors (Lipinski definition) is 5. The van der Waals surface area contributed by atoms with E-state index in [1.54, 1.807) is 42.2 Å². The Labute approximate surface area is 271 Å². The Kier molecular flexibility index (Phi) is 9.29. The first-order valence-corrected chi connectivity index (χ1v) is 14.7. The average molecular weight is 669 g/mol. The number of carboxylic acid groups (broad SMARTS) is 2. The minimum absolute atomic E-state index is 0.117. The highest BCUT2D eigenvalue weighted by Crippen LogP contribution is 2.39. The van der Waals surface area contributed by atoms with Crippen molar-refractivity contribution in [3.63, 3.8) is 0 Å². The molecular weight excluding hydrogens is 638 g/mol. The quantitative estimate of drug-likeness (QED) is 0.0589. The summed E-state index contributed by atoms with van der Waals surface area (Å²) in [5, 5.41) is 45.3. The maximum absolute atomic E-state index is 12.8. The van der Waals surface area contributed by atoms with Gasteiger partial charge in [-0.2, -0.15) is 23.9 Å². The number of nitrogens with one attached hydrogen (secondary N) is 1. The van der Waals surface area contributed by atoms with Gasteiger partial charge in [-0.15, -0.1) is 6.42 Å². The largest absolute Gasteiger partial charge is 0.503 e. The van der Waals surface area contributed by atoms with Gasteiger partial charge in [-0.1, -0.05) is 25.0 Å². The number of carbonyl (C=O) groups is 2. The van der Waals surface area contributed by atoms with Crippen LogP contribution in [0.5, 0.6) is 0 Å². The highest BCUT2D eigenvalue weighted by atomic mass is 35.5. The van der Waals surface area contributed by atoms with Crippen molar-refractivity contribution in [2.45, 2.75) is 55.9 Å². The molecule has 1 aromatic carbocycles. The molecule has 0 spiro atoms. The summed E-state index contributed by atoms with van der Waals surface area (Å²) >= 11 is 6.04. The molecule has 0 saturated carbocycles. The summed E-state index contributed by atoms with van der Waals surface area (Å²) in [5.41, 5.74) is -4.49. The number of aryl methyl sites for hydroxylation is 1. The Bertz CT molecular complexity index is 1910. The molecule has 1 aliphatic rings. The fourth-order valence-electron chi connectivity index (χ4n) is 5.37. The molecule has 1 saturated heterocycles. The fraction of sp³-hybridized carbons (Fsp3) is 0.367. The van der Waals surface area contributed by atoms with Crippen molar-refractivity contribution in [1.82, 2.24) is 24.1 Å². The van der Waals surface area contributed by atoms with Crippen LogP contribution >= 0.6 is 11.6 Å². The van der Waals surface area contributed by atoms with Gasteiger partial charge < -0.3 is 35.2 Å². The Morgan fingerprint density at radius 3 is 2.57 bits per heavy atom. The van der Waals surface area contributed by atoms with E-state index in [-0.39, 0.29) is 33.5 Å². The van der Waals surface area contributed by atoms with Gasteiger partial charge in [0.05, 0.1) is 25.7 Å². The van der Waals surface area contributed by atoms with E-state index in [4.69, 9.17) is 27.5 Å². The predicted octanol–water partition coefficient (Wildman–Crippen LogP) is 0.160. The number of aromatic nitrogens is 6. The molecule has 17 heteroatoms. The smallest absolute Gasteiger partial charge is 0.479 e. The second kappa shape index (κ2) is 13.1. The third kappa shape index (κ3) is 5.90. The summed E-state index contributed by atoms with van der Waals surface area (Å²) in [6.07, 6.45) is 5.34. The molecule has 246 valence electrons. The van der Waals surface area contributed by atoms with Gasteiger partial charge in [0.2, 0.25) is 5.28 Å². The van der Waals surface area contributed by atoms with Crippen LogP contribution in [0.1, 0.15) is 25.1 Å². The van der Waals surface area contributed by atoms with Gasteiger partial charge in [-0.3, -0.25) is 4.57 Å². The number of ether oxygens (including phenoxy) is 2. The number of nitrogens with zero attached hydrogens (tertiary/aromatic N) is 6. The Morgan fingerprint density at radius 2 is 1.96 bits per heavy atom. The number of benzene rings is 1. The maximum atomic E-state index is 12.8. The molecule has 0 unspecified atom stereocenters. The molecule has 0 aliphatic carbocycles. The molecule has 1 aliphatic heterocycles. The number of anilines is 1. The zero-order chi connectivity index (χ0) is 34.1. The lowest BCUT2D eigenvalue weighted by atomic mass is 9.92. The fourth-order valence-corrected chi connectivity index (χ4v) is 5.53. The van der Waals surface area contributed by atoms with Crippen LogP contribution in [0, 0.1) is 12.3 Å². The number of aliphatic hydroxyl groups is 2. The van der Waals surface area contributed by atoms with Crippen LogP contribution < -0.4 is 15.6 Å². The number of hydrogen-bond acceptors (Lipinski definition) is 11. The summed E-state index contributed by atoms with van der Waals surface area (Å²) in [5.74, 6) is -1.33. The summed E-state index contributed by atoms with van der Waals surface area (Å²) in [7, 11) is 1.58. The van der Waals surface area contributed by atoms with Crippen molar-refractivity contribution >= 4 is 40.5 Å². The molecule has 16 nitrogen and oxygen atoms in total. The van der Waals surface area contributed by atoms with E-state index in [9.17, 15) is 34.8 Å². The number of carboxylic acids is 2. The monoisotopic (exact) mass is 668 g/mol. The second-order valence-corrected chi connectivity index (χ2v) is 11.1. The van der Waals surface area contributed by atoms with E-state index in [1.165, 1.54) is 27.6 Å². The third-order valence-electron chi connectivity index (χ3n) is 7.91. The first kappa shape index (κ1) is 33.4. The Morgan fingerprint density at radius 1 is 1.26 bits per heavy atom. The van der Waals surface area contributed by atoms with Crippen LogP contribution in [0.3, 0.4) is 0 Å². The number of fused-ring (bicyclic) bond motifs is 1. The molecule has 1 fully saturated rings. The van der Waals surface area contributed by atoms with Gasteiger partial charge >= 0.3 is 17.6 Å². The molecule has 4 heterocycles. The van der Waals surface area contributed by atoms with E-state index in [1.807, 2.05) is 6.92 Å². The van der Waals surface area contributed by atoms with E-state index in [0.717, 1.165) is 6.42 Å². The van der Waals surface area contributed by atoms with Crippen molar-refractivity contribution in [2.75, 3.05) is 19.0 Å². The van der Waals surface area contributed by atoms with Gasteiger partial charge in [0.1, 0.15) is 24.1 Å². The number of imidazole rings is 1. The number of aliphatic hydroxyl groups excluding tert-OH is 1.